The van der Waals surface area contributed by atoms with E-state index in [0.29, 0.717) is 42.7 Å². The van der Waals surface area contributed by atoms with E-state index in [2.05, 4.69) is 9.30 Å². The van der Waals surface area contributed by atoms with Crippen LogP contribution in [0.2, 0.25) is 0 Å². The van der Waals surface area contributed by atoms with Gasteiger partial charge in [-0.2, -0.15) is 0 Å². The van der Waals surface area contributed by atoms with Crippen LogP contribution in [0.15, 0.2) is 36.4 Å². The number of carbonyl (C=O) groups is 2. The normalized spacial score (nSPS) is 26.8. The first-order valence-electron chi connectivity index (χ1n) is 15.6. The van der Waals surface area contributed by atoms with Crippen LogP contribution in [0.5, 0.6) is 5.75 Å². The zero-order valence-corrected chi connectivity index (χ0v) is 25.2. The number of carbonyl (C=O) groups excluding carboxylic acids is 2. The van der Waals surface area contributed by atoms with E-state index in [1.54, 1.807) is 12.1 Å². The molecule has 0 spiro atoms. The lowest BCUT2D eigenvalue weighted by Crippen LogP contribution is -2.51. The summed E-state index contributed by atoms with van der Waals surface area (Å²) in [5, 5.41) is 0.961. The SMILES string of the molecule is COC(=O)c1ccc2c(C3CCCCC3)c3n(c2c1)CC1(C(=O)N2C[C@@H](C)O[C@@H](C)C2)CC1c1c(OC(F)(F)F)cccc1-3. The summed E-state index contributed by atoms with van der Waals surface area (Å²) in [6.45, 7) is 4.99. The molecule has 7 rings (SSSR count). The molecule has 2 aliphatic heterocycles. The third-order valence-electron chi connectivity index (χ3n) is 10.1. The van der Waals surface area contributed by atoms with Gasteiger partial charge >= 0.3 is 12.3 Å². The van der Waals surface area contributed by atoms with Crippen LogP contribution >= 0.6 is 0 Å². The Labute approximate surface area is 254 Å². The maximum atomic E-state index is 14.6. The number of alkyl halides is 3. The Balaban J connectivity index is 1.49. The summed E-state index contributed by atoms with van der Waals surface area (Å²) >= 11 is 0. The van der Waals surface area contributed by atoms with Crippen molar-refractivity contribution in [2.45, 2.75) is 89.3 Å². The van der Waals surface area contributed by atoms with Crippen molar-refractivity contribution in [3.8, 4) is 17.0 Å². The number of nitrogens with zero attached hydrogens (tertiary/aromatic N) is 2. The van der Waals surface area contributed by atoms with Crippen LogP contribution in [-0.4, -0.2) is 60.1 Å². The van der Waals surface area contributed by atoms with Gasteiger partial charge in [-0.05, 0) is 62.8 Å². The van der Waals surface area contributed by atoms with E-state index in [4.69, 9.17) is 9.47 Å². The van der Waals surface area contributed by atoms with Gasteiger partial charge in [-0.25, -0.2) is 4.79 Å². The zero-order valence-electron chi connectivity index (χ0n) is 25.2. The van der Waals surface area contributed by atoms with Gasteiger partial charge in [0, 0.05) is 47.6 Å². The molecule has 3 heterocycles. The molecule has 4 aliphatic rings. The van der Waals surface area contributed by atoms with E-state index in [1.165, 1.54) is 13.2 Å². The van der Waals surface area contributed by atoms with Crippen molar-refractivity contribution in [2.75, 3.05) is 20.2 Å². The molecular weight excluding hydrogens is 573 g/mol. The lowest BCUT2D eigenvalue weighted by atomic mass is 9.81. The fourth-order valence-electron chi connectivity index (χ4n) is 8.31. The highest BCUT2D eigenvalue weighted by Crippen LogP contribution is 2.67. The molecule has 2 aromatic carbocycles. The van der Waals surface area contributed by atoms with Gasteiger partial charge in [0.1, 0.15) is 5.75 Å². The van der Waals surface area contributed by atoms with E-state index in [-0.39, 0.29) is 29.8 Å². The Kier molecular flexibility index (Phi) is 6.99. The Morgan fingerprint density at radius 3 is 2.41 bits per heavy atom. The number of methoxy groups -OCH3 is 1. The van der Waals surface area contributed by atoms with Gasteiger partial charge in [-0.1, -0.05) is 37.5 Å². The van der Waals surface area contributed by atoms with Gasteiger partial charge < -0.3 is 23.7 Å². The largest absolute Gasteiger partial charge is 0.573 e. The van der Waals surface area contributed by atoms with E-state index < -0.39 is 23.7 Å². The molecule has 1 amide bonds. The average molecular weight is 611 g/mol. The standard InChI is InChI=1S/C34H37F3N2O5/c1-19-16-38(17-20(2)43-19)32(41)33-15-25(33)29-24(10-7-11-27(29)44-34(35,36)37)30-28(21-8-5-4-6-9-21)23-13-12-22(31(40)42-3)14-26(23)39(30)18-33/h7,10-14,19-21,25H,4-6,8-9,15-18H2,1-3H3/t19-,20+,25?,33?. The van der Waals surface area contributed by atoms with Crippen LogP contribution in [0.25, 0.3) is 22.2 Å². The second kappa shape index (κ2) is 10.5. The number of esters is 1. The van der Waals surface area contributed by atoms with Crippen LogP contribution in [0.1, 0.15) is 85.7 Å². The first kappa shape index (κ1) is 29.2. The number of morpholine rings is 1. The smallest absolute Gasteiger partial charge is 0.465 e. The quantitative estimate of drug-likeness (QED) is 0.293. The average Bonchev–Trinajstić information content (AvgIpc) is 3.64. The minimum Gasteiger partial charge on any atom is -0.465 e. The highest BCUT2D eigenvalue weighted by Gasteiger charge is 2.65. The Hall–Kier alpha value is -3.53. The van der Waals surface area contributed by atoms with Crippen molar-refractivity contribution in [3.63, 3.8) is 0 Å². The van der Waals surface area contributed by atoms with Gasteiger partial charge in [0.05, 0.1) is 36.0 Å². The molecule has 3 fully saturated rings. The van der Waals surface area contributed by atoms with Crippen LogP contribution < -0.4 is 4.74 Å². The predicted octanol–water partition coefficient (Wildman–Crippen LogP) is 7.16. The van der Waals surface area contributed by atoms with Crippen molar-refractivity contribution < 1.29 is 37.0 Å². The highest BCUT2D eigenvalue weighted by atomic mass is 19.4. The van der Waals surface area contributed by atoms with Crippen molar-refractivity contribution in [3.05, 3.63) is 53.1 Å². The summed E-state index contributed by atoms with van der Waals surface area (Å²) in [6.07, 6.45) is 0.445. The van der Waals surface area contributed by atoms with E-state index in [9.17, 15) is 22.8 Å². The fraction of sp³-hybridized carbons (Fsp3) is 0.529. The molecule has 2 unspecified atom stereocenters. The molecule has 10 heteroatoms. The van der Waals surface area contributed by atoms with Gasteiger partial charge in [0.15, 0.2) is 0 Å². The number of halogens is 3. The summed E-state index contributed by atoms with van der Waals surface area (Å²) in [4.78, 5) is 29.0. The number of benzene rings is 2. The van der Waals surface area contributed by atoms with Gasteiger partial charge in [-0.3, -0.25) is 4.79 Å². The van der Waals surface area contributed by atoms with E-state index >= 15 is 0 Å². The number of rotatable bonds is 4. The highest BCUT2D eigenvalue weighted by molar-refractivity contribution is 6.00. The second-order valence-corrected chi connectivity index (χ2v) is 13.1. The summed E-state index contributed by atoms with van der Waals surface area (Å²) in [7, 11) is 1.34. The fourth-order valence-corrected chi connectivity index (χ4v) is 8.31. The summed E-state index contributed by atoms with van der Waals surface area (Å²) < 4.78 is 59.2. The van der Waals surface area contributed by atoms with Crippen LogP contribution in [0.3, 0.4) is 0 Å². The first-order valence-corrected chi connectivity index (χ1v) is 15.6. The van der Waals surface area contributed by atoms with Gasteiger partial charge in [0.2, 0.25) is 5.91 Å². The van der Waals surface area contributed by atoms with E-state index in [1.807, 2.05) is 36.9 Å². The number of hydrogen-bond donors (Lipinski definition) is 0. The number of aromatic nitrogens is 1. The number of amides is 1. The third-order valence-corrected chi connectivity index (χ3v) is 10.1. The summed E-state index contributed by atoms with van der Waals surface area (Å²) in [5.41, 5.74) is 3.25. The minimum atomic E-state index is -4.88. The molecule has 234 valence electrons. The lowest BCUT2D eigenvalue weighted by molar-refractivity contribution is -0.274. The number of hydrogen-bond acceptors (Lipinski definition) is 5. The maximum Gasteiger partial charge on any atom is 0.573 e. The predicted molar refractivity (Wildman–Crippen MR) is 158 cm³/mol. The van der Waals surface area contributed by atoms with Gasteiger partial charge in [-0.15, -0.1) is 13.2 Å². The van der Waals surface area contributed by atoms with Crippen molar-refractivity contribution in [1.29, 1.82) is 0 Å². The molecule has 44 heavy (non-hydrogen) atoms. The molecule has 0 radical (unpaired) electrons. The van der Waals surface area contributed by atoms with E-state index in [0.717, 1.165) is 54.3 Å². The molecule has 1 saturated heterocycles. The summed E-state index contributed by atoms with van der Waals surface area (Å²) in [6, 6.07) is 10.3. The third kappa shape index (κ3) is 4.76. The van der Waals surface area contributed by atoms with Crippen LogP contribution in [-0.2, 0) is 20.8 Å². The van der Waals surface area contributed by atoms with Crippen LogP contribution in [0, 0.1) is 5.41 Å². The first-order chi connectivity index (χ1) is 21.0. The Morgan fingerprint density at radius 1 is 1.00 bits per heavy atom. The Bertz CT molecular complexity index is 1630. The molecule has 3 aromatic rings. The zero-order chi connectivity index (χ0) is 31.0. The second-order valence-electron chi connectivity index (χ2n) is 13.1. The molecule has 0 N–H and O–H groups in total. The van der Waals surface area contributed by atoms with Gasteiger partial charge in [0.25, 0.3) is 0 Å². The van der Waals surface area contributed by atoms with Crippen molar-refractivity contribution in [2.24, 2.45) is 5.41 Å². The number of ether oxygens (including phenoxy) is 3. The molecule has 4 atom stereocenters. The van der Waals surface area contributed by atoms with Crippen LogP contribution in [0.4, 0.5) is 13.2 Å². The molecule has 2 aliphatic carbocycles. The summed E-state index contributed by atoms with van der Waals surface area (Å²) in [5.74, 6) is -1.04. The topological polar surface area (TPSA) is 70.0 Å². The van der Waals surface area contributed by atoms with Crippen molar-refractivity contribution in [1.82, 2.24) is 9.47 Å². The minimum absolute atomic E-state index is 0.0738. The lowest BCUT2D eigenvalue weighted by Gasteiger charge is -2.37. The van der Waals surface area contributed by atoms with Crippen molar-refractivity contribution >= 4 is 22.8 Å². The molecular formula is C34H37F3N2O5. The Morgan fingerprint density at radius 2 is 1.73 bits per heavy atom. The molecule has 2 saturated carbocycles. The number of fused-ring (bicyclic) bond motifs is 7. The molecule has 7 nitrogen and oxygen atoms in total. The monoisotopic (exact) mass is 610 g/mol. The molecule has 1 aromatic heterocycles. The maximum absolute atomic E-state index is 14.6. The molecule has 0 bridgehead atoms.